The Morgan fingerprint density at radius 2 is 1.60 bits per heavy atom. The van der Waals surface area contributed by atoms with Gasteiger partial charge in [0.25, 0.3) is 0 Å². The molecule has 0 saturated carbocycles. The third kappa shape index (κ3) is 2.52. The van der Waals surface area contributed by atoms with E-state index in [-0.39, 0.29) is 0 Å². The van der Waals surface area contributed by atoms with Gasteiger partial charge in [-0.25, -0.2) is 0 Å². The van der Waals surface area contributed by atoms with E-state index in [0.29, 0.717) is 24.7 Å². The third-order valence-electron chi connectivity index (χ3n) is 3.37. The van der Waals surface area contributed by atoms with Crippen molar-refractivity contribution in [3.05, 3.63) is 48.0 Å². The Kier molecular flexibility index (Phi) is 3.42. The average Bonchev–Trinajstić information content (AvgIpc) is 2.69. The van der Waals surface area contributed by atoms with Crippen molar-refractivity contribution in [3.63, 3.8) is 0 Å². The van der Waals surface area contributed by atoms with Crippen LogP contribution in [0.25, 0.3) is 11.1 Å². The Balaban J connectivity index is 1.93. The first-order valence-corrected chi connectivity index (χ1v) is 6.71. The fourth-order valence-corrected chi connectivity index (χ4v) is 2.19. The van der Waals surface area contributed by atoms with Crippen LogP contribution < -0.4 is 9.47 Å². The van der Waals surface area contributed by atoms with Crippen LogP contribution in [-0.2, 0) is 0 Å². The zero-order valence-electron chi connectivity index (χ0n) is 11.3. The van der Waals surface area contributed by atoms with Crippen LogP contribution in [0.5, 0.6) is 11.5 Å². The summed E-state index contributed by atoms with van der Waals surface area (Å²) >= 11 is 0. The second kappa shape index (κ2) is 5.37. The van der Waals surface area contributed by atoms with E-state index in [1.807, 2.05) is 42.5 Å². The van der Waals surface area contributed by atoms with Crippen LogP contribution in [0, 0.1) is 5.92 Å². The monoisotopic (exact) mass is 268 g/mol. The van der Waals surface area contributed by atoms with Crippen LogP contribution in [0.15, 0.2) is 42.5 Å². The van der Waals surface area contributed by atoms with Gasteiger partial charge >= 0.3 is 0 Å². The normalized spacial score (nSPS) is 17.4. The Morgan fingerprint density at radius 1 is 0.950 bits per heavy atom. The zero-order valence-corrected chi connectivity index (χ0v) is 11.3. The Hall–Kier alpha value is -2.29. The molecule has 0 spiro atoms. The van der Waals surface area contributed by atoms with Crippen molar-refractivity contribution in [1.29, 1.82) is 0 Å². The van der Waals surface area contributed by atoms with Gasteiger partial charge in [-0.1, -0.05) is 37.3 Å². The molecule has 0 bridgehead atoms. The van der Waals surface area contributed by atoms with E-state index in [1.165, 1.54) is 0 Å². The van der Waals surface area contributed by atoms with E-state index in [0.717, 1.165) is 28.9 Å². The maximum atomic E-state index is 10.7. The highest BCUT2D eigenvalue weighted by atomic mass is 16.5. The standard InChI is InChI=1S/C17H16O3/c1-12-10-19-16-7-6-15(8-17(16)20-11-12)14-4-2-13(9-18)3-5-14/h2-9,12H,10-11H2,1H3. The van der Waals surface area contributed by atoms with Gasteiger partial charge in [0.1, 0.15) is 6.29 Å². The molecule has 1 heterocycles. The number of fused-ring (bicyclic) bond motifs is 1. The second-order valence-corrected chi connectivity index (χ2v) is 5.13. The van der Waals surface area contributed by atoms with Crippen LogP contribution in [0.1, 0.15) is 17.3 Å². The molecular weight excluding hydrogens is 252 g/mol. The molecule has 1 aliphatic heterocycles. The van der Waals surface area contributed by atoms with Crippen molar-refractivity contribution < 1.29 is 14.3 Å². The van der Waals surface area contributed by atoms with Gasteiger partial charge in [0, 0.05) is 11.5 Å². The lowest BCUT2D eigenvalue weighted by Gasteiger charge is -2.09. The first-order chi connectivity index (χ1) is 9.76. The number of aldehydes is 1. The molecule has 0 aromatic heterocycles. The molecule has 2 aromatic rings. The summed E-state index contributed by atoms with van der Waals surface area (Å²) in [6.45, 7) is 3.45. The first-order valence-electron chi connectivity index (χ1n) is 6.71. The topological polar surface area (TPSA) is 35.5 Å². The molecule has 1 aliphatic rings. The van der Waals surface area contributed by atoms with Crippen molar-refractivity contribution in [1.82, 2.24) is 0 Å². The van der Waals surface area contributed by atoms with Crippen molar-refractivity contribution in [2.24, 2.45) is 5.92 Å². The number of hydrogen-bond acceptors (Lipinski definition) is 3. The molecule has 3 rings (SSSR count). The molecule has 0 fully saturated rings. The quantitative estimate of drug-likeness (QED) is 0.781. The minimum atomic E-state index is 0.387. The lowest BCUT2D eigenvalue weighted by Crippen LogP contribution is -2.12. The molecule has 1 unspecified atom stereocenters. The number of hydrogen-bond donors (Lipinski definition) is 0. The van der Waals surface area contributed by atoms with E-state index in [9.17, 15) is 4.79 Å². The predicted octanol–water partition coefficient (Wildman–Crippen LogP) is 3.57. The molecule has 2 aromatic carbocycles. The van der Waals surface area contributed by atoms with Crippen LogP contribution >= 0.6 is 0 Å². The van der Waals surface area contributed by atoms with Crippen LogP contribution in [0.4, 0.5) is 0 Å². The molecule has 0 amide bonds. The van der Waals surface area contributed by atoms with Gasteiger partial charge in [0.05, 0.1) is 13.2 Å². The summed E-state index contributed by atoms with van der Waals surface area (Å²) in [5.41, 5.74) is 2.79. The molecule has 3 nitrogen and oxygen atoms in total. The van der Waals surface area contributed by atoms with E-state index in [2.05, 4.69) is 6.92 Å². The number of carbonyl (C=O) groups excluding carboxylic acids is 1. The predicted molar refractivity (Wildman–Crippen MR) is 77.4 cm³/mol. The van der Waals surface area contributed by atoms with Crippen molar-refractivity contribution >= 4 is 6.29 Å². The highest BCUT2D eigenvalue weighted by Gasteiger charge is 2.15. The fourth-order valence-electron chi connectivity index (χ4n) is 2.19. The van der Waals surface area contributed by atoms with Gasteiger partial charge in [-0.15, -0.1) is 0 Å². The molecule has 0 aliphatic carbocycles. The smallest absolute Gasteiger partial charge is 0.161 e. The minimum Gasteiger partial charge on any atom is -0.489 e. The number of carbonyl (C=O) groups is 1. The maximum absolute atomic E-state index is 10.7. The maximum Gasteiger partial charge on any atom is 0.161 e. The molecule has 20 heavy (non-hydrogen) atoms. The van der Waals surface area contributed by atoms with Crippen LogP contribution in [-0.4, -0.2) is 19.5 Å². The molecule has 1 atom stereocenters. The van der Waals surface area contributed by atoms with Gasteiger partial charge in [-0.3, -0.25) is 4.79 Å². The van der Waals surface area contributed by atoms with E-state index in [4.69, 9.17) is 9.47 Å². The summed E-state index contributed by atoms with van der Waals surface area (Å²) in [6, 6.07) is 13.4. The van der Waals surface area contributed by atoms with Gasteiger partial charge in [0.2, 0.25) is 0 Å². The fraction of sp³-hybridized carbons (Fsp3) is 0.235. The zero-order chi connectivity index (χ0) is 13.9. The first kappa shape index (κ1) is 12.7. The Morgan fingerprint density at radius 3 is 2.30 bits per heavy atom. The Labute approximate surface area is 118 Å². The second-order valence-electron chi connectivity index (χ2n) is 5.13. The van der Waals surface area contributed by atoms with Gasteiger partial charge in [-0.05, 0) is 23.3 Å². The summed E-state index contributed by atoms with van der Waals surface area (Å²) in [7, 11) is 0. The third-order valence-corrected chi connectivity index (χ3v) is 3.37. The minimum absolute atomic E-state index is 0.387. The highest BCUT2D eigenvalue weighted by molar-refractivity contribution is 5.77. The summed E-state index contributed by atoms with van der Waals surface area (Å²) in [6.07, 6.45) is 0.846. The van der Waals surface area contributed by atoms with Gasteiger partial charge in [0.15, 0.2) is 11.5 Å². The van der Waals surface area contributed by atoms with Crippen LogP contribution in [0.3, 0.4) is 0 Å². The van der Waals surface area contributed by atoms with E-state index >= 15 is 0 Å². The highest BCUT2D eigenvalue weighted by Crippen LogP contribution is 2.34. The molecule has 102 valence electrons. The SMILES string of the molecule is CC1COc2ccc(-c3ccc(C=O)cc3)cc2OC1. The summed E-state index contributed by atoms with van der Waals surface area (Å²) in [4.78, 5) is 10.7. The van der Waals surface area contributed by atoms with Crippen LogP contribution in [0.2, 0.25) is 0 Å². The van der Waals surface area contributed by atoms with E-state index in [1.54, 1.807) is 0 Å². The average molecular weight is 268 g/mol. The largest absolute Gasteiger partial charge is 0.489 e. The number of rotatable bonds is 2. The summed E-state index contributed by atoms with van der Waals surface area (Å²) < 4.78 is 11.5. The van der Waals surface area contributed by atoms with Crippen molar-refractivity contribution in [3.8, 4) is 22.6 Å². The van der Waals surface area contributed by atoms with Gasteiger partial charge in [-0.2, -0.15) is 0 Å². The molecule has 0 radical (unpaired) electrons. The molecule has 3 heteroatoms. The molecule has 0 N–H and O–H groups in total. The molecular formula is C17H16O3. The number of benzene rings is 2. The number of ether oxygens (including phenoxy) is 2. The van der Waals surface area contributed by atoms with Crippen molar-refractivity contribution in [2.45, 2.75) is 6.92 Å². The molecule has 0 saturated heterocycles. The van der Waals surface area contributed by atoms with E-state index < -0.39 is 0 Å². The Bertz CT molecular complexity index is 617. The lowest BCUT2D eigenvalue weighted by molar-refractivity contribution is 0.112. The van der Waals surface area contributed by atoms with Gasteiger partial charge < -0.3 is 9.47 Å². The summed E-state index contributed by atoms with van der Waals surface area (Å²) in [5, 5.41) is 0. The lowest BCUT2D eigenvalue weighted by atomic mass is 10.0. The summed E-state index contributed by atoms with van der Waals surface area (Å²) in [5.74, 6) is 1.96. The van der Waals surface area contributed by atoms with Crippen molar-refractivity contribution in [2.75, 3.05) is 13.2 Å².